The van der Waals surface area contributed by atoms with Crippen LogP contribution in [0.3, 0.4) is 0 Å². The highest BCUT2D eigenvalue weighted by atomic mass is 79.9. The van der Waals surface area contributed by atoms with Gasteiger partial charge >= 0.3 is 0 Å². The molecule has 3 rings (SSSR count). The summed E-state index contributed by atoms with van der Waals surface area (Å²) in [6.45, 7) is 0.498. The topological polar surface area (TPSA) is 59.8 Å². The maximum atomic E-state index is 12.8. The molecule has 27 heavy (non-hydrogen) atoms. The van der Waals surface area contributed by atoms with Gasteiger partial charge in [0.25, 0.3) is 5.91 Å². The second kappa shape index (κ2) is 9.19. The van der Waals surface area contributed by atoms with Crippen LogP contribution in [0.25, 0.3) is 0 Å². The molecule has 142 valence electrons. The molecule has 1 aromatic carbocycles. The van der Waals surface area contributed by atoms with Gasteiger partial charge in [0, 0.05) is 6.20 Å². The minimum Gasteiger partial charge on any atom is -0.304 e. The Morgan fingerprint density at radius 1 is 1.30 bits per heavy atom. The minimum absolute atomic E-state index is 0.224. The molecule has 1 amide bonds. The first-order chi connectivity index (χ1) is 12.9. The summed E-state index contributed by atoms with van der Waals surface area (Å²) >= 11 is 19.7. The normalized spacial score (nSPS) is 11.0. The van der Waals surface area contributed by atoms with E-state index in [1.807, 2.05) is 18.6 Å². The van der Waals surface area contributed by atoms with Crippen LogP contribution in [0.4, 0.5) is 5.82 Å². The van der Waals surface area contributed by atoms with Gasteiger partial charge < -0.3 is 5.32 Å². The molecule has 0 aliphatic carbocycles. The van der Waals surface area contributed by atoms with E-state index in [9.17, 15) is 4.79 Å². The molecule has 2 heterocycles. The smallest absolute Gasteiger partial charge is 0.261 e. The number of rotatable bonds is 6. The fourth-order valence-electron chi connectivity index (χ4n) is 2.29. The molecule has 0 aliphatic rings. The Hall–Kier alpha value is -0.710. The summed E-state index contributed by atoms with van der Waals surface area (Å²) in [6.07, 6.45) is 5.63. The van der Waals surface area contributed by atoms with Crippen LogP contribution in [0.5, 0.6) is 0 Å². The first-order valence-corrected chi connectivity index (χ1v) is 12.3. The Labute approximate surface area is 187 Å². The number of hydrogen-bond acceptors (Lipinski definition) is 6. The number of nitrogens with one attached hydrogen (secondary N) is 1. The molecule has 0 fully saturated rings. The van der Waals surface area contributed by atoms with E-state index in [-0.39, 0.29) is 5.91 Å². The van der Waals surface area contributed by atoms with Crippen molar-refractivity contribution in [1.82, 2.24) is 14.2 Å². The Morgan fingerprint density at radius 3 is 2.74 bits per heavy atom. The van der Waals surface area contributed by atoms with Gasteiger partial charge in [-0.25, -0.2) is 0 Å². The molecule has 0 bridgehead atoms. The van der Waals surface area contributed by atoms with Gasteiger partial charge in [-0.15, -0.1) is 23.5 Å². The number of halogens is 3. The van der Waals surface area contributed by atoms with E-state index in [0.29, 0.717) is 37.5 Å². The second-order valence-electron chi connectivity index (χ2n) is 5.28. The second-order valence-corrected chi connectivity index (χ2v) is 9.60. The number of anilines is 1. The van der Waals surface area contributed by atoms with Gasteiger partial charge in [-0.3, -0.25) is 9.48 Å². The SMILES string of the molecule is CSc1nsc(SC)c1C(=O)Nc1nn(Cc2ccc(Cl)c(Cl)c2)cc1Br. The summed E-state index contributed by atoms with van der Waals surface area (Å²) in [6, 6.07) is 5.43. The third-order valence-electron chi connectivity index (χ3n) is 3.51. The third kappa shape index (κ3) is 4.83. The third-order valence-corrected chi connectivity index (χ3v) is 7.57. The number of aromatic nitrogens is 3. The first kappa shape index (κ1) is 21.0. The summed E-state index contributed by atoms with van der Waals surface area (Å²) in [7, 11) is 0. The Bertz CT molecular complexity index is 971. The molecular weight excluding hydrogens is 511 g/mol. The van der Waals surface area contributed by atoms with E-state index in [1.165, 1.54) is 35.1 Å². The molecular formula is C16H13BrCl2N4OS3. The summed E-state index contributed by atoms with van der Waals surface area (Å²) < 4.78 is 7.62. The Morgan fingerprint density at radius 2 is 2.07 bits per heavy atom. The summed E-state index contributed by atoms with van der Waals surface area (Å²) in [4.78, 5) is 12.8. The standard InChI is InChI=1S/C16H13BrCl2N4OS3/c1-25-15-12(16(26-2)27-22-15)14(24)20-13-9(17)7-23(21-13)6-8-3-4-10(18)11(19)5-8/h3-5,7H,6H2,1-2H3,(H,20,21,24). The first-order valence-electron chi connectivity index (χ1n) is 7.48. The molecule has 0 saturated heterocycles. The van der Waals surface area contributed by atoms with Gasteiger partial charge in [-0.05, 0) is 57.7 Å². The van der Waals surface area contributed by atoms with Crippen LogP contribution >= 0.6 is 74.2 Å². The lowest BCUT2D eigenvalue weighted by molar-refractivity contribution is 0.102. The van der Waals surface area contributed by atoms with Crippen molar-refractivity contribution in [3.05, 3.63) is 50.0 Å². The van der Waals surface area contributed by atoms with Crippen molar-refractivity contribution < 1.29 is 4.79 Å². The molecule has 0 unspecified atom stereocenters. The van der Waals surface area contributed by atoms with Gasteiger partial charge in [0.05, 0.1) is 30.8 Å². The zero-order valence-electron chi connectivity index (χ0n) is 14.1. The largest absolute Gasteiger partial charge is 0.304 e. The van der Waals surface area contributed by atoms with Gasteiger partial charge in [-0.2, -0.15) is 9.47 Å². The number of amides is 1. The molecule has 0 radical (unpaired) electrons. The van der Waals surface area contributed by atoms with Gasteiger partial charge in [0.1, 0.15) is 5.03 Å². The van der Waals surface area contributed by atoms with Crippen LogP contribution in [0.1, 0.15) is 15.9 Å². The van der Waals surface area contributed by atoms with Crippen LogP contribution in [0, 0.1) is 0 Å². The van der Waals surface area contributed by atoms with Crippen LogP contribution in [0.2, 0.25) is 10.0 Å². The molecule has 0 saturated carbocycles. The van der Waals surface area contributed by atoms with Crippen molar-refractivity contribution in [2.45, 2.75) is 15.8 Å². The van der Waals surface area contributed by atoms with E-state index >= 15 is 0 Å². The molecule has 11 heteroatoms. The highest BCUT2D eigenvalue weighted by Gasteiger charge is 2.22. The number of carbonyl (C=O) groups is 1. The molecule has 5 nitrogen and oxygen atoms in total. The molecule has 0 aliphatic heterocycles. The Kier molecular flexibility index (Phi) is 7.15. The number of nitrogens with zero attached hydrogens (tertiary/aromatic N) is 3. The molecule has 3 aromatic rings. The monoisotopic (exact) mass is 522 g/mol. The number of benzene rings is 1. The fourth-order valence-corrected chi connectivity index (χ4v) is 5.30. The van der Waals surface area contributed by atoms with Gasteiger partial charge in [-0.1, -0.05) is 29.3 Å². The quantitative estimate of drug-likeness (QED) is 0.392. The molecule has 0 spiro atoms. The minimum atomic E-state index is -0.224. The van der Waals surface area contributed by atoms with Crippen LogP contribution in [-0.4, -0.2) is 32.6 Å². The Balaban J connectivity index is 1.79. The van der Waals surface area contributed by atoms with Crippen molar-refractivity contribution in [2.75, 3.05) is 17.8 Å². The highest BCUT2D eigenvalue weighted by Crippen LogP contribution is 2.33. The number of carbonyl (C=O) groups excluding carboxylic acids is 1. The summed E-state index contributed by atoms with van der Waals surface area (Å²) in [5.74, 6) is 0.225. The van der Waals surface area contributed by atoms with Gasteiger partial charge in [0.15, 0.2) is 5.82 Å². The van der Waals surface area contributed by atoms with E-state index in [1.54, 1.807) is 23.0 Å². The maximum absolute atomic E-state index is 12.8. The van der Waals surface area contributed by atoms with Gasteiger partial charge in [0.2, 0.25) is 0 Å². The van der Waals surface area contributed by atoms with Crippen LogP contribution in [0.15, 0.2) is 38.1 Å². The van der Waals surface area contributed by atoms with Crippen LogP contribution in [-0.2, 0) is 6.54 Å². The van der Waals surface area contributed by atoms with Crippen LogP contribution < -0.4 is 5.32 Å². The predicted octanol–water partition coefficient (Wildman–Crippen LogP) is 6.15. The van der Waals surface area contributed by atoms with Crippen molar-refractivity contribution in [3.8, 4) is 0 Å². The van der Waals surface area contributed by atoms with E-state index in [4.69, 9.17) is 23.2 Å². The van der Waals surface area contributed by atoms with E-state index < -0.39 is 0 Å². The zero-order valence-corrected chi connectivity index (χ0v) is 19.7. The van der Waals surface area contributed by atoms with Crippen molar-refractivity contribution in [3.63, 3.8) is 0 Å². The van der Waals surface area contributed by atoms with Crippen molar-refractivity contribution in [2.24, 2.45) is 0 Å². The van der Waals surface area contributed by atoms with Crippen molar-refractivity contribution >= 4 is 85.9 Å². The highest BCUT2D eigenvalue weighted by molar-refractivity contribution is 9.10. The molecule has 1 N–H and O–H groups in total. The predicted molar refractivity (Wildman–Crippen MR) is 119 cm³/mol. The number of thioether (sulfide) groups is 2. The zero-order chi connectivity index (χ0) is 19.6. The lowest BCUT2D eigenvalue weighted by Crippen LogP contribution is -2.14. The van der Waals surface area contributed by atoms with E-state index in [2.05, 4.69) is 30.7 Å². The number of hydrogen-bond donors (Lipinski definition) is 1. The lowest BCUT2D eigenvalue weighted by atomic mass is 10.2. The average molecular weight is 524 g/mol. The molecule has 0 atom stereocenters. The maximum Gasteiger partial charge on any atom is 0.261 e. The summed E-state index contributed by atoms with van der Waals surface area (Å²) in [5.41, 5.74) is 1.54. The average Bonchev–Trinajstić information content (AvgIpc) is 3.21. The molecule has 2 aromatic heterocycles. The van der Waals surface area contributed by atoms with Crippen molar-refractivity contribution in [1.29, 1.82) is 0 Å². The summed E-state index contributed by atoms with van der Waals surface area (Å²) in [5, 5.41) is 9.03. The lowest BCUT2D eigenvalue weighted by Gasteiger charge is -2.05. The fraction of sp³-hybridized carbons (Fsp3) is 0.188. The van der Waals surface area contributed by atoms with E-state index in [0.717, 1.165) is 9.77 Å².